The van der Waals surface area contributed by atoms with Gasteiger partial charge in [0.05, 0.1) is 13.6 Å². The Bertz CT molecular complexity index is 1040. The summed E-state index contributed by atoms with van der Waals surface area (Å²) in [6.45, 7) is 1.27. The molecule has 172 valence electrons. The van der Waals surface area contributed by atoms with Crippen molar-refractivity contribution >= 4 is 25.3 Å². The van der Waals surface area contributed by atoms with E-state index in [0.29, 0.717) is 12.1 Å². The van der Waals surface area contributed by atoms with E-state index in [2.05, 4.69) is 10.1 Å². The van der Waals surface area contributed by atoms with Crippen molar-refractivity contribution in [3.8, 4) is 0 Å². The van der Waals surface area contributed by atoms with E-state index in [4.69, 9.17) is 9.36 Å². The summed E-state index contributed by atoms with van der Waals surface area (Å²) in [6, 6.07) is 9.15. The molecule has 0 saturated carbocycles. The van der Waals surface area contributed by atoms with Crippen LogP contribution in [-0.4, -0.2) is 43.6 Å². The molecule has 3 rings (SSSR count). The summed E-state index contributed by atoms with van der Waals surface area (Å²) in [7, 11) is -2.40. The average Bonchev–Trinajstić information content (AvgIpc) is 3.13. The van der Waals surface area contributed by atoms with Gasteiger partial charge in [-0.05, 0) is 23.3 Å². The molecular formula is C19H24N5O7P. The fourth-order valence-corrected chi connectivity index (χ4v) is 5.49. The Morgan fingerprint density at radius 1 is 1.38 bits per heavy atom. The van der Waals surface area contributed by atoms with Crippen molar-refractivity contribution in [1.82, 2.24) is 19.7 Å². The first-order valence-electron chi connectivity index (χ1n) is 9.89. The summed E-state index contributed by atoms with van der Waals surface area (Å²) in [4.78, 5) is 43.3. The van der Waals surface area contributed by atoms with E-state index in [0.717, 1.165) is 10.6 Å². The van der Waals surface area contributed by atoms with Crippen LogP contribution in [0.5, 0.6) is 0 Å². The third kappa shape index (κ3) is 5.39. The third-order valence-electron chi connectivity index (χ3n) is 4.99. The number of rotatable bonds is 9. The standard InChI is InChI=1S/C19H24N5O7P/c1-14(25)31-23-10-6-9-17(18(23)26)32(29,21-11-15-7-4-3-5-8-15)30-13-16-12-20-19(22(16)2)24(27)28/h3-5,7-8,12,17H,6,9-11,13H2,1-2H3,(H,21,29). The first kappa shape index (κ1) is 23.6. The number of hydrogen-bond acceptors (Lipinski definition) is 8. The Morgan fingerprint density at radius 3 is 2.72 bits per heavy atom. The van der Waals surface area contributed by atoms with Crippen LogP contribution in [0, 0.1) is 10.1 Å². The van der Waals surface area contributed by atoms with Crippen LogP contribution in [0.4, 0.5) is 5.95 Å². The number of hydrogen-bond donors (Lipinski definition) is 1. The zero-order valence-corrected chi connectivity index (χ0v) is 18.6. The van der Waals surface area contributed by atoms with Gasteiger partial charge in [0, 0.05) is 13.5 Å². The number of hydroxylamine groups is 2. The number of carbonyl (C=O) groups is 2. The lowest BCUT2D eigenvalue weighted by molar-refractivity contribution is -0.396. The maximum Gasteiger partial charge on any atom is 0.434 e. The SMILES string of the molecule is CC(=O)ON1CCCC(P(=O)(NCc2ccccc2)OCc2cnc([N+](=O)[O-])n2C)C1=O. The van der Waals surface area contributed by atoms with Gasteiger partial charge >= 0.3 is 11.9 Å². The monoisotopic (exact) mass is 465 g/mol. The molecular weight excluding hydrogens is 441 g/mol. The molecule has 1 aromatic carbocycles. The molecule has 1 aromatic heterocycles. The maximum absolute atomic E-state index is 13.9. The molecule has 0 bridgehead atoms. The summed E-state index contributed by atoms with van der Waals surface area (Å²) in [5.74, 6) is -1.66. The van der Waals surface area contributed by atoms with E-state index in [9.17, 15) is 24.3 Å². The number of piperidine rings is 1. The van der Waals surface area contributed by atoms with E-state index in [1.807, 2.05) is 30.3 Å². The van der Waals surface area contributed by atoms with Crippen molar-refractivity contribution in [1.29, 1.82) is 0 Å². The molecule has 12 nitrogen and oxygen atoms in total. The predicted octanol–water partition coefficient (Wildman–Crippen LogP) is 2.30. The van der Waals surface area contributed by atoms with Crippen molar-refractivity contribution in [3.05, 3.63) is 57.9 Å². The van der Waals surface area contributed by atoms with E-state index in [1.54, 1.807) is 0 Å². The Hall–Kier alpha value is -3.08. The first-order valence-corrected chi connectivity index (χ1v) is 11.6. The minimum absolute atomic E-state index is 0.168. The molecule has 1 saturated heterocycles. The Labute approximate surface area is 184 Å². The minimum atomic E-state index is -3.84. The summed E-state index contributed by atoms with van der Waals surface area (Å²) in [5.41, 5.74) is 0.0636. The highest BCUT2D eigenvalue weighted by Gasteiger charge is 2.45. The van der Waals surface area contributed by atoms with Gasteiger partial charge < -0.3 is 19.5 Å². The van der Waals surface area contributed by atoms with Gasteiger partial charge in [0.2, 0.25) is 0 Å². The second-order valence-corrected chi connectivity index (χ2v) is 9.63. The summed E-state index contributed by atoms with van der Waals surface area (Å²) < 4.78 is 20.9. The van der Waals surface area contributed by atoms with Crippen molar-refractivity contribution in [2.75, 3.05) is 6.54 Å². The minimum Gasteiger partial charge on any atom is -0.390 e. The van der Waals surface area contributed by atoms with Gasteiger partial charge in [0.15, 0.2) is 0 Å². The topological polar surface area (TPSA) is 146 Å². The van der Waals surface area contributed by atoms with Crippen LogP contribution in [0.3, 0.4) is 0 Å². The van der Waals surface area contributed by atoms with Crippen LogP contribution >= 0.6 is 7.52 Å². The van der Waals surface area contributed by atoms with Crippen molar-refractivity contribution in [3.63, 3.8) is 0 Å². The van der Waals surface area contributed by atoms with Gasteiger partial charge in [0.1, 0.15) is 24.2 Å². The lowest BCUT2D eigenvalue weighted by atomic mass is 10.1. The third-order valence-corrected chi connectivity index (χ3v) is 7.40. The van der Waals surface area contributed by atoms with Gasteiger partial charge in [-0.15, -0.1) is 0 Å². The molecule has 2 heterocycles. The fraction of sp³-hybridized carbons (Fsp3) is 0.421. The van der Waals surface area contributed by atoms with E-state index in [-0.39, 0.29) is 32.1 Å². The zero-order chi connectivity index (χ0) is 23.3. The van der Waals surface area contributed by atoms with E-state index >= 15 is 0 Å². The van der Waals surface area contributed by atoms with Gasteiger partial charge in [-0.25, -0.2) is 9.65 Å². The molecule has 2 atom stereocenters. The second-order valence-electron chi connectivity index (χ2n) is 7.24. The molecule has 2 unspecified atom stereocenters. The van der Waals surface area contributed by atoms with E-state index < -0.39 is 30.0 Å². The van der Waals surface area contributed by atoms with Gasteiger partial charge in [0.25, 0.3) is 13.4 Å². The normalized spacial score (nSPS) is 18.2. The van der Waals surface area contributed by atoms with Gasteiger partial charge in [-0.1, -0.05) is 35.3 Å². The lowest BCUT2D eigenvalue weighted by Crippen LogP contribution is -2.46. The quantitative estimate of drug-likeness (QED) is 0.335. The van der Waals surface area contributed by atoms with Crippen molar-refractivity contribution in [2.45, 2.75) is 38.6 Å². The molecule has 1 aliphatic rings. The molecule has 1 N–H and O–H groups in total. The molecule has 1 amide bonds. The highest BCUT2D eigenvalue weighted by Crippen LogP contribution is 2.52. The number of nitro groups is 1. The maximum atomic E-state index is 13.9. The molecule has 0 spiro atoms. The summed E-state index contributed by atoms with van der Waals surface area (Å²) in [5, 5.41) is 14.8. The smallest absolute Gasteiger partial charge is 0.390 e. The summed E-state index contributed by atoms with van der Waals surface area (Å²) >= 11 is 0. The molecule has 2 aromatic rings. The van der Waals surface area contributed by atoms with Gasteiger partial charge in [-0.3, -0.25) is 14.2 Å². The summed E-state index contributed by atoms with van der Waals surface area (Å²) in [6.07, 6.45) is 1.98. The predicted molar refractivity (Wildman–Crippen MR) is 112 cm³/mol. The van der Waals surface area contributed by atoms with Crippen LogP contribution in [0.2, 0.25) is 0 Å². The van der Waals surface area contributed by atoms with Crippen LogP contribution in [-0.2, 0) is 43.7 Å². The first-order chi connectivity index (χ1) is 15.2. The number of nitrogens with one attached hydrogen (secondary N) is 1. The van der Waals surface area contributed by atoms with Crippen molar-refractivity contribution in [2.24, 2.45) is 7.05 Å². The molecule has 1 aliphatic heterocycles. The fourth-order valence-electron chi connectivity index (χ4n) is 3.33. The Kier molecular flexibility index (Phi) is 7.39. The molecule has 13 heteroatoms. The average molecular weight is 465 g/mol. The van der Waals surface area contributed by atoms with Crippen LogP contribution in [0.25, 0.3) is 0 Å². The largest absolute Gasteiger partial charge is 0.434 e. The lowest BCUT2D eigenvalue weighted by Gasteiger charge is -2.34. The number of amides is 1. The van der Waals surface area contributed by atoms with Gasteiger partial charge in [-0.2, -0.15) is 5.06 Å². The number of benzene rings is 1. The molecule has 0 aliphatic carbocycles. The van der Waals surface area contributed by atoms with Crippen molar-refractivity contribution < 1.29 is 28.4 Å². The second kappa shape index (κ2) is 10.0. The number of carbonyl (C=O) groups excluding carboxylic acids is 2. The highest BCUT2D eigenvalue weighted by molar-refractivity contribution is 7.58. The van der Waals surface area contributed by atoms with E-state index in [1.165, 1.54) is 24.7 Å². The van der Waals surface area contributed by atoms with Crippen LogP contribution < -0.4 is 5.09 Å². The Balaban J connectivity index is 1.83. The number of nitrogens with zero attached hydrogens (tertiary/aromatic N) is 4. The zero-order valence-electron chi connectivity index (χ0n) is 17.7. The number of imidazole rings is 1. The van der Waals surface area contributed by atoms with Crippen LogP contribution in [0.15, 0.2) is 36.5 Å². The highest BCUT2D eigenvalue weighted by atomic mass is 31.2. The molecule has 1 fully saturated rings. The number of aromatic nitrogens is 2. The Morgan fingerprint density at radius 2 is 2.09 bits per heavy atom. The molecule has 32 heavy (non-hydrogen) atoms. The molecule has 0 radical (unpaired) electrons. The van der Waals surface area contributed by atoms with Crippen LogP contribution in [0.1, 0.15) is 31.0 Å².